The van der Waals surface area contributed by atoms with Crippen LogP contribution in [0.1, 0.15) is 34.3 Å². The number of aryl methyl sites for hydroxylation is 1. The summed E-state index contributed by atoms with van der Waals surface area (Å²) in [6.07, 6.45) is 1.94. The van der Waals surface area contributed by atoms with Crippen LogP contribution < -0.4 is 10.6 Å². The molecule has 0 bridgehead atoms. The number of carbonyl (C=O) groups is 1. The SMILES string of the molecule is CCNC(=NCc1ccc(C(=O)N(C)C)cc1)NCCCc1nc2ccccc2s1. The van der Waals surface area contributed by atoms with Crippen molar-refractivity contribution < 1.29 is 4.79 Å². The van der Waals surface area contributed by atoms with Crippen molar-refractivity contribution in [2.45, 2.75) is 26.3 Å². The summed E-state index contributed by atoms with van der Waals surface area (Å²) in [7, 11) is 3.51. The van der Waals surface area contributed by atoms with Gasteiger partial charge < -0.3 is 15.5 Å². The molecule has 7 heteroatoms. The van der Waals surface area contributed by atoms with Gasteiger partial charge in [0.15, 0.2) is 5.96 Å². The van der Waals surface area contributed by atoms with Crippen LogP contribution in [-0.2, 0) is 13.0 Å². The molecule has 0 aliphatic rings. The summed E-state index contributed by atoms with van der Waals surface area (Å²) in [6.45, 7) is 4.25. The van der Waals surface area contributed by atoms with E-state index >= 15 is 0 Å². The van der Waals surface area contributed by atoms with E-state index in [0.717, 1.165) is 43.0 Å². The van der Waals surface area contributed by atoms with E-state index in [0.29, 0.717) is 12.1 Å². The number of aromatic nitrogens is 1. The molecule has 1 aromatic heterocycles. The van der Waals surface area contributed by atoms with Crippen LogP contribution in [0, 0.1) is 0 Å². The molecule has 3 aromatic rings. The van der Waals surface area contributed by atoms with Gasteiger partial charge in [-0.3, -0.25) is 4.79 Å². The largest absolute Gasteiger partial charge is 0.357 e. The lowest BCUT2D eigenvalue weighted by Gasteiger charge is -2.12. The highest BCUT2D eigenvalue weighted by molar-refractivity contribution is 7.18. The van der Waals surface area contributed by atoms with Gasteiger partial charge in [0.2, 0.25) is 0 Å². The normalized spacial score (nSPS) is 11.5. The predicted octanol–water partition coefficient (Wildman–Crippen LogP) is 3.69. The summed E-state index contributed by atoms with van der Waals surface area (Å²) in [5.41, 5.74) is 2.84. The minimum atomic E-state index is 0.00758. The van der Waals surface area contributed by atoms with E-state index in [9.17, 15) is 4.79 Å². The minimum Gasteiger partial charge on any atom is -0.357 e. The molecule has 1 amide bonds. The summed E-state index contributed by atoms with van der Waals surface area (Å²) >= 11 is 1.77. The van der Waals surface area contributed by atoms with Crippen LogP contribution in [0.15, 0.2) is 53.5 Å². The van der Waals surface area contributed by atoms with Crippen LogP contribution in [0.2, 0.25) is 0 Å². The predicted molar refractivity (Wildman–Crippen MR) is 125 cm³/mol. The first-order valence-corrected chi connectivity index (χ1v) is 11.1. The highest BCUT2D eigenvalue weighted by atomic mass is 32.1. The van der Waals surface area contributed by atoms with E-state index in [2.05, 4.69) is 45.7 Å². The highest BCUT2D eigenvalue weighted by Gasteiger charge is 2.07. The molecule has 0 spiro atoms. The average molecular weight is 424 g/mol. The maximum atomic E-state index is 12.0. The maximum Gasteiger partial charge on any atom is 0.253 e. The Morgan fingerprint density at radius 1 is 1.10 bits per heavy atom. The fraction of sp³-hybridized carbons (Fsp3) is 0.348. The maximum absolute atomic E-state index is 12.0. The summed E-state index contributed by atoms with van der Waals surface area (Å²) in [5, 5.41) is 7.85. The van der Waals surface area contributed by atoms with E-state index in [1.807, 2.05) is 30.3 Å². The van der Waals surface area contributed by atoms with Crippen molar-refractivity contribution in [3.05, 3.63) is 64.7 Å². The van der Waals surface area contributed by atoms with Crippen LogP contribution in [-0.4, -0.2) is 48.9 Å². The number of carbonyl (C=O) groups excluding carboxylic acids is 1. The van der Waals surface area contributed by atoms with Gasteiger partial charge in [-0.1, -0.05) is 24.3 Å². The molecule has 0 atom stereocenters. The first-order chi connectivity index (χ1) is 14.6. The molecule has 1 heterocycles. The molecule has 0 fully saturated rings. The van der Waals surface area contributed by atoms with E-state index in [1.165, 1.54) is 9.71 Å². The molecule has 6 nitrogen and oxygen atoms in total. The van der Waals surface area contributed by atoms with Crippen LogP contribution >= 0.6 is 11.3 Å². The standard InChI is InChI=1S/C23H29N5OS/c1-4-24-23(26-16-17-11-13-18(14-12-17)22(29)28(2)3)25-15-7-10-21-27-19-8-5-6-9-20(19)30-21/h5-6,8-9,11-14H,4,7,10,15-16H2,1-3H3,(H2,24,25,26). The number of hydrogen-bond donors (Lipinski definition) is 2. The Labute approximate surface area is 182 Å². The van der Waals surface area contributed by atoms with Gasteiger partial charge in [-0.05, 0) is 43.2 Å². The number of aliphatic imine (C=N–C) groups is 1. The number of nitrogens with zero attached hydrogens (tertiary/aromatic N) is 3. The molecule has 0 saturated carbocycles. The lowest BCUT2D eigenvalue weighted by atomic mass is 10.1. The van der Waals surface area contributed by atoms with Crippen LogP contribution in [0.4, 0.5) is 0 Å². The van der Waals surface area contributed by atoms with Gasteiger partial charge in [-0.25, -0.2) is 9.98 Å². The third-order valence-corrected chi connectivity index (χ3v) is 5.67. The Hall–Kier alpha value is -2.93. The van der Waals surface area contributed by atoms with Crippen molar-refractivity contribution in [2.24, 2.45) is 4.99 Å². The number of fused-ring (bicyclic) bond motifs is 1. The van der Waals surface area contributed by atoms with Gasteiger partial charge in [0, 0.05) is 39.2 Å². The first kappa shape index (κ1) is 21.8. The fourth-order valence-corrected chi connectivity index (χ4v) is 4.01. The fourth-order valence-electron chi connectivity index (χ4n) is 3.00. The van der Waals surface area contributed by atoms with Crippen LogP contribution in [0.5, 0.6) is 0 Å². The van der Waals surface area contributed by atoms with Crippen LogP contribution in [0.3, 0.4) is 0 Å². The van der Waals surface area contributed by atoms with Gasteiger partial charge in [-0.2, -0.15) is 0 Å². The molecule has 3 rings (SSSR count). The third kappa shape index (κ3) is 6.03. The highest BCUT2D eigenvalue weighted by Crippen LogP contribution is 2.22. The Kier molecular flexibility index (Phi) is 7.79. The van der Waals surface area contributed by atoms with Crippen molar-refractivity contribution in [1.29, 1.82) is 0 Å². The molecular formula is C23H29N5OS. The minimum absolute atomic E-state index is 0.00758. The van der Waals surface area contributed by atoms with Gasteiger partial charge in [0.25, 0.3) is 5.91 Å². The second-order valence-corrected chi connectivity index (χ2v) is 8.31. The first-order valence-electron chi connectivity index (χ1n) is 10.2. The molecule has 0 radical (unpaired) electrons. The monoisotopic (exact) mass is 423 g/mol. The van der Waals surface area contributed by atoms with E-state index in [-0.39, 0.29) is 5.91 Å². The molecule has 0 saturated heterocycles. The number of guanidine groups is 1. The molecule has 2 N–H and O–H groups in total. The Balaban J connectivity index is 1.49. The number of rotatable bonds is 8. The zero-order valence-corrected chi connectivity index (χ0v) is 18.6. The van der Waals surface area contributed by atoms with Crippen LogP contribution in [0.25, 0.3) is 10.2 Å². The molecule has 0 unspecified atom stereocenters. The van der Waals surface area contributed by atoms with Crippen molar-refractivity contribution in [3.63, 3.8) is 0 Å². The van der Waals surface area contributed by atoms with Crippen molar-refractivity contribution in [3.8, 4) is 0 Å². The number of hydrogen-bond acceptors (Lipinski definition) is 4. The molecule has 2 aromatic carbocycles. The summed E-state index contributed by atoms with van der Waals surface area (Å²) in [6, 6.07) is 15.9. The summed E-state index contributed by atoms with van der Waals surface area (Å²) in [5.74, 6) is 0.809. The van der Waals surface area contributed by atoms with Gasteiger partial charge in [0.1, 0.15) is 0 Å². The van der Waals surface area contributed by atoms with E-state index < -0.39 is 0 Å². The van der Waals surface area contributed by atoms with Gasteiger partial charge >= 0.3 is 0 Å². The van der Waals surface area contributed by atoms with Crippen molar-refractivity contribution >= 4 is 33.4 Å². The number of nitrogens with one attached hydrogen (secondary N) is 2. The molecular weight excluding hydrogens is 394 g/mol. The number of benzene rings is 2. The summed E-state index contributed by atoms with van der Waals surface area (Å²) < 4.78 is 1.24. The molecule has 0 aliphatic heterocycles. The lowest BCUT2D eigenvalue weighted by Crippen LogP contribution is -2.37. The summed E-state index contributed by atoms with van der Waals surface area (Å²) in [4.78, 5) is 22.9. The number of para-hydroxylation sites is 1. The molecule has 158 valence electrons. The smallest absolute Gasteiger partial charge is 0.253 e. The van der Waals surface area contributed by atoms with Gasteiger partial charge in [0.05, 0.1) is 21.8 Å². The topological polar surface area (TPSA) is 69.6 Å². The molecule has 30 heavy (non-hydrogen) atoms. The zero-order chi connectivity index (χ0) is 21.3. The quantitative estimate of drug-likeness (QED) is 0.329. The number of amides is 1. The zero-order valence-electron chi connectivity index (χ0n) is 17.8. The Morgan fingerprint density at radius 3 is 2.57 bits per heavy atom. The van der Waals surface area contributed by atoms with E-state index in [4.69, 9.17) is 0 Å². The van der Waals surface area contributed by atoms with E-state index in [1.54, 1.807) is 30.3 Å². The molecule has 0 aliphatic carbocycles. The van der Waals surface area contributed by atoms with Crippen molar-refractivity contribution in [2.75, 3.05) is 27.2 Å². The second kappa shape index (κ2) is 10.7. The Bertz CT molecular complexity index is 961. The number of thiazole rings is 1. The average Bonchev–Trinajstić information content (AvgIpc) is 3.17. The van der Waals surface area contributed by atoms with Gasteiger partial charge in [-0.15, -0.1) is 11.3 Å². The second-order valence-electron chi connectivity index (χ2n) is 7.20. The third-order valence-electron chi connectivity index (χ3n) is 4.57. The Morgan fingerprint density at radius 2 is 1.87 bits per heavy atom. The lowest BCUT2D eigenvalue weighted by molar-refractivity contribution is 0.0827. The van der Waals surface area contributed by atoms with Crippen molar-refractivity contribution in [1.82, 2.24) is 20.5 Å².